The number of carbonyl (C=O) groups excluding carboxylic acids is 1. The van der Waals surface area contributed by atoms with Gasteiger partial charge in [-0.25, -0.2) is 14.4 Å². The first kappa shape index (κ1) is 24.4. The van der Waals surface area contributed by atoms with Crippen molar-refractivity contribution < 1.29 is 13.9 Å². The summed E-state index contributed by atoms with van der Waals surface area (Å²) in [5, 5.41) is 10.0. The second-order valence-corrected chi connectivity index (χ2v) is 11.7. The molecule has 3 aliphatic rings. The summed E-state index contributed by atoms with van der Waals surface area (Å²) in [6.07, 6.45) is 2.17. The molecule has 0 radical (unpaired) electrons. The largest absolute Gasteiger partial charge is 0.474 e. The van der Waals surface area contributed by atoms with Crippen LogP contribution in [-0.4, -0.2) is 56.3 Å². The number of rotatable bonds is 6. The number of pyridine rings is 1. The molecule has 0 spiro atoms. The molecule has 8 nitrogen and oxygen atoms in total. The molecule has 2 aliphatic heterocycles. The van der Waals surface area contributed by atoms with Crippen LogP contribution in [0.5, 0.6) is 5.88 Å². The number of thiazole rings is 1. The Morgan fingerprint density at radius 3 is 2.62 bits per heavy atom. The van der Waals surface area contributed by atoms with Crippen LogP contribution < -0.4 is 10.1 Å². The second-order valence-electron chi connectivity index (χ2n) is 11.0. The number of hydrogen-bond acceptors (Lipinski definition) is 7. The van der Waals surface area contributed by atoms with Crippen molar-refractivity contribution in [2.45, 2.75) is 31.4 Å². The van der Waals surface area contributed by atoms with Gasteiger partial charge in [-0.2, -0.15) is 5.10 Å². The molecule has 1 aliphatic carbocycles. The molecule has 1 N–H and O–H groups in total. The molecule has 2 unspecified atom stereocenters. The molecular weight excluding hydrogens is 515 g/mol. The monoisotopic (exact) mass is 544 g/mol. The number of fused-ring (bicyclic) bond motifs is 1. The minimum absolute atomic E-state index is 0.0172. The van der Waals surface area contributed by atoms with Crippen molar-refractivity contribution in [3.63, 3.8) is 0 Å². The number of halogens is 1. The molecule has 5 heterocycles. The maximum absolute atomic E-state index is 13.6. The SMILES string of the molecule is Cn1nc(-c2cscn2)cc1C(=O)N1C[C@@H]2C(Oc3cc(C4(C)CCCN4)cc(-c4ccc(F)cc4)n3)[C@@H]2C1. The number of hydrogen-bond donors (Lipinski definition) is 1. The highest BCUT2D eigenvalue weighted by molar-refractivity contribution is 7.07. The molecule has 39 heavy (non-hydrogen) atoms. The molecule has 0 bridgehead atoms. The van der Waals surface area contributed by atoms with Gasteiger partial charge in [0.15, 0.2) is 0 Å². The van der Waals surface area contributed by atoms with E-state index in [2.05, 4.69) is 28.4 Å². The third-order valence-corrected chi connectivity index (χ3v) is 8.99. The second kappa shape index (κ2) is 9.24. The standard InChI is InChI=1S/C29H29FN6O2S/c1-29(8-3-9-32-29)18-10-22(17-4-6-19(30)7-5-17)33-26(11-18)38-27-20-13-36(14-21(20)27)28(37)25-12-23(34-35(25)2)24-15-39-16-31-24/h4-7,10-12,15-16,20-21,27,32H,3,8-9,13-14H2,1-2H3/t20-,21+,27?,29?. The third kappa shape index (κ3) is 4.41. The van der Waals surface area contributed by atoms with Crippen LogP contribution in [0.2, 0.25) is 0 Å². The summed E-state index contributed by atoms with van der Waals surface area (Å²) in [4.78, 5) is 24.3. The molecule has 2 saturated heterocycles. The van der Waals surface area contributed by atoms with Crippen molar-refractivity contribution in [2.24, 2.45) is 18.9 Å². The lowest BCUT2D eigenvalue weighted by Crippen LogP contribution is -2.34. The Kier molecular flexibility index (Phi) is 5.78. The van der Waals surface area contributed by atoms with Crippen molar-refractivity contribution in [1.82, 2.24) is 30.0 Å². The Morgan fingerprint density at radius 1 is 1.13 bits per heavy atom. The van der Waals surface area contributed by atoms with Gasteiger partial charge in [0.2, 0.25) is 5.88 Å². The van der Waals surface area contributed by atoms with Crippen LogP contribution in [0.4, 0.5) is 4.39 Å². The number of nitrogens with zero attached hydrogens (tertiary/aromatic N) is 5. The van der Waals surface area contributed by atoms with Gasteiger partial charge in [0, 0.05) is 54.5 Å². The first-order chi connectivity index (χ1) is 18.9. The Hall–Kier alpha value is -3.63. The predicted octanol–water partition coefficient (Wildman–Crippen LogP) is 4.49. The van der Waals surface area contributed by atoms with Gasteiger partial charge in [-0.15, -0.1) is 11.3 Å². The number of carbonyl (C=O) groups is 1. The van der Waals surface area contributed by atoms with Crippen molar-refractivity contribution in [3.05, 3.63) is 70.4 Å². The van der Waals surface area contributed by atoms with Gasteiger partial charge in [0.05, 0.1) is 11.2 Å². The van der Waals surface area contributed by atoms with Crippen LogP contribution in [0, 0.1) is 17.7 Å². The molecule has 10 heteroatoms. The smallest absolute Gasteiger partial charge is 0.272 e. The minimum Gasteiger partial charge on any atom is -0.474 e. The third-order valence-electron chi connectivity index (χ3n) is 8.40. The fourth-order valence-electron chi connectivity index (χ4n) is 6.04. The molecule has 4 atom stereocenters. The van der Waals surface area contributed by atoms with E-state index in [4.69, 9.17) is 9.72 Å². The highest BCUT2D eigenvalue weighted by Crippen LogP contribution is 2.48. The number of aromatic nitrogens is 4. The van der Waals surface area contributed by atoms with Crippen LogP contribution in [0.15, 0.2) is 53.4 Å². The minimum atomic E-state index is -0.272. The van der Waals surface area contributed by atoms with Crippen molar-refractivity contribution >= 4 is 17.2 Å². The fourth-order valence-corrected chi connectivity index (χ4v) is 6.59. The molecule has 3 fully saturated rings. The number of amides is 1. The van der Waals surface area contributed by atoms with E-state index >= 15 is 0 Å². The zero-order valence-corrected chi connectivity index (χ0v) is 22.6. The van der Waals surface area contributed by atoms with Gasteiger partial charge in [-0.05, 0) is 68.3 Å². The number of piperidine rings is 1. The summed E-state index contributed by atoms with van der Waals surface area (Å²) in [6.45, 7) is 4.48. The van der Waals surface area contributed by atoms with Gasteiger partial charge in [0.1, 0.15) is 29.0 Å². The summed E-state index contributed by atoms with van der Waals surface area (Å²) >= 11 is 1.50. The maximum atomic E-state index is 13.6. The zero-order valence-electron chi connectivity index (χ0n) is 21.8. The Balaban J connectivity index is 1.07. The maximum Gasteiger partial charge on any atom is 0.272 e. The summed E-state index contributed by atoms with van der Waals surface area (Å²) < 4.78 is 21.7. The van der Waals surface area contributed by atoms with Gasteiger partial charge < -0.3 is 15.0 Å². The lowest BCUT2D eigenvalue weighted by Gasteiger charge is -2.26. The lowest BCUT2D eigenvalue weighted by molar-refractivity contribution is 0.0740. The van der Waals surface area contributed by atoms with Gasteiger partial charge in [-0.1, -0.05) is 0 Å². The summed E-state index contributed by atoms with van der Waals surface area (Å²) in [7, 11) is 1.79. The van der Waals surface area contributed by atoms with Crippen LogP contribution in [0.25, 0.3) is 22.6 Å². The van der Waals surface area contributed by atoms with E-state index in [1.807, 2.05) is 22.4 Å². The normalized spacial score (nSPS) is 25.6. The molecule has 1 saturated carbocycles. The highest BCUT2D eigenvalue weighted by Gasteiger charge is 2.59. The summed E-state index contributed by atoms with van der Waals surface area (Å²) in [5.74, 6) is 0.848. The number of nitrogens with one attached hydrogen (secondary N) is 1. The predicted molar refractivity (Wildman–Crippen MR) is 146 cm³/mol. The topological polar surface area (TPSA) is 85.2 Å². The molecule has 200 valence electrons. The van der Waals surface area contributed by atoms with E-state index in [1.54, 1.807) is 29.4 Å². The van der Waals surface area contributed by atoms with Gasteiger partial charge >= 0.3 is 0 Å². The Bertz CT molecular complexity index is 1520. The average Bonchev–Trinajstić information content (AvgIpc) is 3.57. The number of ether oxygens (including phenoxy) is 1. The lowest BCUT2D eigenvalue weighted by atomic mass is 9.90. The molecule has 7 rings (SSSR count). The molecule has 1 aromatic carbocycles. The van der Waals surface area contributed by atoms with Crippen molar-refractivity contribution in [2.75, 3.05) is 19.6 Å². The van der Waals surface area contributed by atoms with Crippen molar-refractivity contribution in [1.29, 1.82) is 0 Å². The van der Waals surface area contributed by atoms with Crippen LogP contribution in [-0.2, 0) is 12.6 Å². The molecule has 4 aromatic rings. The van der Waals surface area contributed by atoms with E-state index < -0.39 is 0 Å². The first-order valence-corrected chi connectivity index (χ1v) is 14.2. The summed E-state index contributed by atoms with van der Waals surface area (Å²) in [5.41, 5.74) is 6.41. The molecular formula is C29H29FN6O2S. The molecule has 3 aromatic heterocycles. The fraction of sp³-hybridized carbons (Fsp3) is 0.379. The average molecular weight is 545 g/mol. The van der Waals surface area contributed by atoms with E-state index in [-0.39, 0.29) is 35.2 Å². The summed E-state index contributed by atoms with van der Waals surface area (Å²) in [6, 6.07) is 12.4. The first-order valence-electron chi connectivity index (χ1n) is 13.3. The van der Waals surface area contributed by atoms with Crippen LogP contribution >= 0.6 is 11.3 Å². The van der Waals surface area contributed by atoms with E-state index in [0.717, 1.165) is 41.9 Å². The van der Waals surface area contributed by atoms with E-state index in [9.17, 15) is 9.18 Å². The Morgan fingerprint density at radius 2 is 1.92 bits per heavy atom. The van der Waals surface area contributed by atoms with Crippen LogP contribution in [0.3, 0.4) is 0 Å². The van der Waals surface area contributed by atoms with Gasteiger partial charge in [0.25, 0.3) is 5.91 Å². The van der Waals surface area contributed by atoms with E-state index in [0.29, 0.717) is 30.4 Å². The molecule has 1 amide bonds. The highest BCUT2D eigenvalue weighted by atomic mass is 32.1. The quantitative estimate of drug-likeness (QED) is 0.385. The zero-order chi connectivity index (χ0) is 26.7. The Labute approximate surface area is 229 Å². The number of likely N-dealkylation sites (tertiary alicyclic amines) is 1. The van der Waals surface area contributed by atoms with Crippen LogP contribution in [0.1, 0.15) is 35.8 Å². The van der Waals surface area contributed by atoms with E-state index in [1.165, 1.54) is 23.5 Å². The van der Waals surface area contributed by atoms with Gasteiger partial charge in [-0.3, -0.25) is 9.48 Å². The number of aryl methyl sites for hydroxylation is 1. The van der Waals surface area contributed by atoms with Crippen molar-refractivity contribution in [3.8, 4) is 28.5 Å². The number of benzene rings is 1.